The van der Waals surface area contributed by atoms with Gasteiger partial charge in [-0.05, 0) is 49.2 Å². The molecular formula is C28H34N4O4. The zero-order chi connectivity index (χ0) is 25.8. The van der Waals surface area contributed by atoms with Gasteiger partial charge in [0.1, 0.15) is 11.4 Å². The van der Waals surface area contributed by atoms with Crippen LogP contribution < -0.4 is 5.73 Å². The third-order valence-electron chi connectivity index (χ3n) is 8.83. The van der Waals surface area contributed by atoms with Crippen LogP contribution in [-0.2, 0) is 16.6 Å². The fourth-order valence-corrected chi connectivity index (χ4v) is 6.75. The summed E-state index contributed by atoms with van der Waals surface area (Å²) in [6.07, 6.45) is 13.7. The van der Waals surface area contributed by atoms with Gasteiger partial charge in [0.2, 0.25) is 5.95 Å². The number of nitrogens with two attached hydrogens (primary N) is 1. The Hall–Kier alpha value is -3.23. The maximum atomic E-state index is 12.7. The highest BCUT2D eigenvalue weighted by atomic mass is 16.5. The van der Waals surface area contributed by atoms with E-state index in [1.165, 1.54) is 0 Å². The summed E-state index contributed by atoms with van der Waals surface area (Å²) >= 11 is 0. The maximum Gasteiger partial charge on any atom is 0.343 e. The summed E-state index contributed by atoms with van der Waals surface area (Å²) in [6, 6.07) is 0. The van der Waals surface area contributed by atoms with Gasteiger partial charge in [-0.25, -0.2) is 9.78 Å². The average molecular weight is 491 g/mol. The first kappa shape index (κ1) is 24.5. The minimum atomic E-state index is -0.548. The number of carbonyl (C=O) groups is 1. The Kier molecular flexibility index (Phi) is 5.92. The second-order valence-electron chi connectivity index (χ2n) is 11.0. The molecule has 1 aliphatic heterocycles. The zero-order valence-electron chi connectivity index (χ0n) is 21.1. The molecular weight excluding hydrogens is 456 g/mol. The van der Waals surface area contributed by atoms with Crippen molar-refractivity contribution in [2.24, 2.45) is 29.7 Å². The van der Waals surface area contributed by atoms with Crippen molar-refractivity contribution in [2.75, 3.05) is 12.3 Å². The third kappa shape index (κ3) is 3.79. The summed E-state index contributed by atoms with van der Waals surface area (Å²) in [4.78, 5) is 21.0. The van der Waals surface area contributed by atoms with E-state index in [-0.39, 0.29) is 29.8 Å². The van der Waals surface area contributed by atoms with Crippen LogP contribution in [0.5, 0.6) is 0 Å². The molecule has 4 N–H and O–H groups in total. The van der Waals surface area contributed by atoms with Gasteiger partial charge in [-0.15, -0.1) is 0 Å². The molecule has 0 spiro atoms. The van der Waals surface area contributed by atoms with Gasteiger partial charge < -0.3 is 25.3 Å². The number of cyclic esters (lactones) is 1. The minimum absolute atomic E-state index is 0.0389. The Labute approximate surface area is 210 Å². The van der Waals surface area contributed by atoms with E-state index in [1.807, 2.05) is 30.8 Å². The van der Waals surface area contributed by atoms with Crippen molar-refractivity contribution in [3.63, 3.8) is 0 Å². The molecule has 2 fully saturated rings. The lowest BCUT2D eigenvalue weighted by atomic mass is 9.46. The summed E-state index contributed by atoms with van der Waals surface area (Å²) in [6.45, 7) is 8.53. The largest absolute Gasteiger partial charge is 0.423 e. The summed E-state index contributed by atoms with van der Waals surface area (Å²) in [7, 11) is 1.87. The van der Waals surface area contributed by atoms with Crippen LogP contribution in [0.4, 0.5) is 5.95 Å². The number of hydrogen-bond acceptors (Lipinski definition) is 7. The number of nitrogen functional groups attached to an aromatic ring is 1. The predicted octanol–water partition coefficient (Wildman–Crippen LogP) is 3.67. The number of allylic oxidation sites excluding steroid dienone is 3. The monoisotopic (exact) mass is 490 g/mol. The lowest BCUT2D eigenvalue weighted by molar-refractivity contribution is -0.145. The topological polar surface area (TPSA) is 123 Å². The molecule has 2 aromatic rings. The highest BCUT2D eigenvalue weighted by molar-refractivity contribution is 5.97. The quantitative estimate of drug-likeness (QED) is 0.441. The fourth-order valence-electron chi connectivity index (χ4n) is 6.75. The summed E-state index contributed by atoms with van der Waals surface area (Å²) in [5.41, 5.74) is 8.14. The summed E-state index contributed by atoms with van der Waals surface area (Å²) in [5.74, 6) is 0.442. The number of carbonyl (C=O) groups excluding carboxylic acids is 1. The number of aliphatic hydroxyl groups is 2. The highest BCUT2D eigenvalue weighted by Crippen LogP contribution is 2.61. The van der Waals surface area contributed by atoms with Crippen molar-refractivity contribution in [3.05, 3.63) is 59.7 Å². The Morgan fingerprint density at radius 1 is 1.36 bits per heavy atom. The number of esters is 1. The molecule has 0 bridgehead atoms. The van der Waals surface area contributed by atoms with Crippen LogP contribution in [0.25, 0.3) is 17.1 Å². The molecule has 2 aliphatic carbocycles. The molecule has 5 rings (SSSR count). The molecule has 5 atom stereocenters. The van der Waals surface area contributed by atoms with Gasteiger partial charge in [0, 0.05) is 41.7 Å². The highest BCUT2D eigenvalue weighted by Gasteiger charge is 2.57. The van der Waals surface area contributed by atoms with Crippen LogP contribution in [0.2, 0.25) is 0 Å². The van der Waals surface area contributed by atoms with Gasteiger partial charge in [-0.1, -0.05) is 38.2 Å². The molecule has 0 amide bonds. The minimum Gasteiger partial charge on any atom is -0.423 e. The Bertz CT molecular complexity index is 1340. The number of ether oxygens (including phenoxy) is 1. The SMILES string of the molecule is C=C1CCC2[C@](C)(CC[C@@H](O)[C@@]2(C)CO)C1/C=C/C1=CC(=C\c2cn(C)c3nc(N)ncc23)/OC1=O. The van der Waals surface area contributed by atoms with Gasteiger partial charge in [-0.2, -0.15) is 4.98 Å². The number of nitrogens with zero attached hydrogens (tertiary/aromatic N) is 3. The Morgan fingerprint density at radius 2 is 2.14 bits per heavy atom. The first-order valence-corrected chi connectivity index (χ1v) is 12.4. The van der Waals surface area contributed by atoms with E-state index in [4.69, 9.17) is 10.5 Å². The molecule has 8 heteroatoms. The average Bonchev–Trinajstić information content (AvgIpc) is 3.34. The lowest BCUT2D eigenvalue weighted by Crippen LogP contribution is -2.57. The molecule has 3 heterocycles. The van der Waals surface area contributed by atoms with Crippen LogP contribution in [0.15, 0.2) is 54.1 Å². The number of aliphatic hydroxyl groups excluding tert-OH is 2. The first-order valence-electron chi connectivity index (χ1n) is 12.4. The molecule has 0 saturated heterocycles. The number of rotatable bonds is 4. The van der Waals surface area contributed by atoms with Crippen molar-refractivity contribution in [3.8, 4) is 0 Å². The molecule has 190 valence electrons. The smallest absolute Gasteiger partial charge is 0.343 e. The number of anilines is 1. The van der Waals surface area contributed by atoms with Crippen LogP contribution in [0.1, 0.15) is 45.1 Å². The van der Waals surface area contributed by atoms with Gasteiger partial charge in [0.15, 0.2) is 0 Å². The summed E-state index contributed by atoms with van der Waals surface area (Å²) < 4.78 is 7.39. The Morgan fingerprint density at radius 3 is 2.89 bits per heavy atom. The molecule has 36 heavy (non-hydrogen) atoms. The second kappa shape index (κ2) is 8.71. The van der Waals surface area contributed by atoms with E-state index in [1.54, 1.807) is 18.3 Å². The molecule has 2 aromatic heterocycles. The maximum absolute atomic E-state index is 12.7. The lowest BCUT2D eigenvalue weighted by Gasteiger charge is -2.59. The van der Waals surface area contributed by atoms with E-state index in [0.29, 0.717) is 23.4 Å². The van der Waals surface area contributed by atoms with Crippen molar-refractivity contribution in [2.45, 2.75) is 45.6 Å². The van der Waals surface area contributed by atoms with E-state index >= 15 is 0 Å². The van der Waals surface area contributed by atoms with E-state index in [2.05, 4.69) is 29.5 Å². The molecule has 0 radical (unpaired) electrons. The third-order valence-corrected chi connectivity index (χ3v) is 8.83. The number of aryl methyl sites for hydroxylation is 1. The van der Waals surface area contributed by atoms with Crippen LogP contribution >= 0.6 is 0 Å². The Balaban J connectivity index is 1.43. The molecule has 0 aromatic carbocycles. The van der Waals surface area contributed by atoms with Crippen LogP contribution in [0.3, 0.4) is 0 Å². The first-order chi connectivity index (χ1) is 17.1. The van der Waals surface area contributed by atoms with Crippen molar-refractivity contribution in [1.82, 2.24) is 14.5 Å². The van der Waals surface area contributed by atoms with Gasteiger partial charge in [0.05, 0.1) is 18.3 Å². The standard InChI is InChI=1S/C28H34N4O4/c1-16-5-8-22-27(2,10-9-23(34)28(22,3)15-33)21(16)7-6-17-11-19(36-25(17)35)12-18-14-32(4)24-20(18)13-30-26(29)31-24/h6-7,11-14,21-23,33-34H,1,5,8-10,15H2,2-4H3,(H2,29,30,31)/b7-6+,19-12+/t21?,22?,23-,27-,28+/m1/s1. The van der Waals surface area contributed by atoms with Crippen molar-refractivity contribution in [1.29, 1.82) is 0 Å². The van der Waals surface area contributed by atoms with Gasteiger partial charge >= 0.3 is 5.97 Å². The van der Waals surface area contributed by atoms with Crippen molar-refractivity contribution < 1.29 is 19.7 Å². The number of aromatic nitrogens is 3. The summed E-state index contributed by atoms with van der Waals surface area (Å²) in [5, 5.41) is 21.7. The molecule has 2 unspecified atom stereocenters. The predicted molar refractivity (Wildman–Crippen MR) is 138 cm³/mol. The number of hydrogen-bond donors (Lipinski definition) is 3. The normalized spacial score (nSPS) is 33.9. The van der Waals surface area contributed by atoms with E-state index < -0.39 is 17.5 Å². The van der Waals surface area contributed by atoms with Crippen LogP contribution in [-0.4, -0.2) is 43.4 Å². The fraction of sp³-hybridized carbons (Fsp3) is 0.464. The second-order valence-corrected chi connectivity index (χ2v) is 11.0. The number of fused-ring (bicyclic) bond motifs is 2. The molecule has 2 saturated carbocycles. The van der Waals surface area contributed by atoms with Crippen molar-refractivity contribution >= 4 is 29.0 Å². The molecule has 8 nitrogen and oxygen atoms in total. The molecule has 3 aliphatic rings. The van der Waals surface area contributed by atoms with Gasteiger partial charge in [0.25, 0.3) is 0 Å². The zero-order valence-corrected chi connectivity index (χ0v) is 21.1. The van der Waals surface area contributed by atoms with E-state index in [9.17, 15) is 15.0 Å². The van der Waals surface area contributed by atoms with Crippen LogP contribution in [0, 0.1) is 22.7 Å². The van der Waals surface area contributed by atoms with E-state index in [0.717, 1.165) is 35.8 Å². The van der Waals surface area contributed by atoms with Gasteiger partial charge in [-0.3, -0.25) is 0 Å².